The molecule has 2 aliphatic rings. The Hall–Kier alpha value is -3.36. The first-order valence-electron chi connectivity index (χ1n) is 9.85. The quantitative estimate of drug-likeness (QED) is 0.449. The van der Waals surface area contributed by atoms with E-state index in [2.05, 4.69) is 9.88 Å². The molecular weight excluding hydrogens is 384 g/mol. The summed E-state index contributed by atoms with van der Waals surface area (Å²) in [6, 6.07) is 11.9. The zero-order valence-corrected chi connectivity index (χ0v) is 16.5. The van der Waals surface area contributed by atoms with Crippen molar-refractivity contribution in [2.24, 2.45) is 5.73 Å². The van der Waals surface area contributed by atoms with Crippen molar-refractivity contribution in [3.63, 3.8) is 0 Å². The van der Waals surface area contributed by atoms with Crippen LogP contribution in [0.5, 0.6) is 5.75 Å². The average molecular weight is 406 g/mol. The van der Waals surface area contributed by atoms with Gasteiger partial charge in [0, 0.05) is 24.5 Å². The number of H-pyrrole nitrogens is 1. The van der Waals surface area contributed by atoms with Gasteiger partial charge in [-0.3, -0.25) is 4.79 Å². The van der Waals surface area contributed by atoms with Gasteiger partial charge in [-0.05, 0) is 42.3 Å². The fraction of sp³-hybridized carbons (Fsp3) is 0.273. The van der Waals surface area contributed by atoms with Gasteiger partial charge in [0.15, 0.2) is 0 Å². The number of aliphatic hydroxyl groups excluding tert-OH is 1. The summed E-state index contributed by atoms with van der Waals surface area (Å²) in [6.45, 7) is 0.127. The summed E-state index contributed by atoms with van der Waals surface area (Å²) in [4.78, 5) is 32.5. The Balaban J connectivity index is 1.56. The lowest BCUT2D eigenvalue weighted by atomic mass is 9.96. The Kier molecular flexibility index (Phi) is 4.27. The molecule has 5 rings (SSSR count). The molecule has 1 aromatic heterocycles. The number of para-hydroxylation sites is 1. The normalized spacial score (nSPS) is 18.6. The summed E-state index contributed by atoms with van der Waals surface area (Å²) >= 11 is 0. The first-order valence-corrected chi connectivity index (χ1v) is 9.85. The smallest absolute Gasteiger partial charge is 0.330 e. The number of anilines is 1. The number of aliphatic hydroxyl groups is 1. The van der Waals surface area contributed by atoms with Crippen LogP contribution >= 0.6 is 0 Å². The average Bonchev–Trinajstić information content (AvgIpc) is 3.14. The second kappa shape index (κ2) is 6.86. The van der Waals surface area contributed by atoms with Gasteiger partial charge < -0.3 is 30.4 Å². The summed E-state index contributed by atoms with van der Waals surface area (Å²) < 4.78 is 5.31. The van der Waals surface area contributed by atoms with Crippen LogP contribution in [-0.4, -0.2) is 53.1 Å². The molecule has 8 nitrogen and oxygen atoms in total. The second-order valence-electron chi connectivity index (χ2n) is 7.69. The van der Waals surface area contributed by atoms with Crippen molar-refractivity contribution in [1.29, 1.82) is 0 Å². The first-order chi connectivity index (χ1) is 14.5. The number of ether oxygens (including phenoxy) is 1. The molecule has 1 unspecified atom stereocenters. The molecular formula is C22H22N4O4. The molecule has 3 heterocycles. The predicted octanol–water partition coefficient (Wildman–Crippen LogP) is 1.54. The van der Waals surface area contributed by atoms with Gasteiger partial charge in [0.25, 0.3) is 5.91 Å². The van der Waals surface area contributed by atoms with Crippen molar-refractivity contribution in [3.8, 4) is 5.75 Å². The zero-order valence-electron chi connectivity index (χ0n) is 16.5. The van der Waals surface area contributed by atoms with Crippen molar-refractivity contribution in [2.45, 2.75) is 18.6 Å². The number of rotatable bonds is 3. The van der Waals surface area contributed by atoms with Crippen LogP contribution < -0.4 is 15.4 Å². The minimum absolute atomic E-state index is 0.0330. The highest BCUT2D eigenvalue weighted by molar-refractivity contribution is 6.02. The van der Waals surface area contributed by atoms with E-state index in [9.17, 15) is 9.59 Å². The molecule has 4 N–H and O–H groups in total. The molecule has 0 bridgehead atoms. The Labute approximate surface area is 172 Å². The molecule has 2 aliphatic heterocycles. The number of benzene rings is 2. The van der Waals surface area contributed by atoms with Crippen molar-refractivity contribution in [3.05, 3.63) is 59.3 Å². The van der Waals surface area contributed by atoms with E-state index in [-0.39, 0.29) is 12.1 Å². The molecule has 0 fully saturated rings. The lowest BCUT2D eigenvalue weighted by molar-refractivity contribution is -0.136. The SMILES string of the molecule is CN1c2ccccc2C(=O)N2CCc3c([nH]c4ccc(OC(=O)[C@@H](N)CO)cc34)C21. The Morgan fingerprint density at radius 3 is 2.93 bits per heavy atom. The van der Waals surface area contributed by atoms with Gasteiger partial charge in [0.1, 0.15) is 18.0 Å². The predicted molar refractivity (Wildman–Crippen MR) is 111 cm³/mol. The van der Waals surface area contributed by atoms with Gasteiger partial charge in [0.2, 0.25) is 0 Å². The van der Waals surface area contributed by atoms with Crippen molar-refractivity contribution >= 4 is 28.5 Å². The molecule has 0 aliphatic carbocycles. The van der Waals surface area contributed by atoms with Crippen molar-refractivity contribution < 1.29 is 19.4 Å². The molecule has 0 saturated carbocycles. The molecule has 1 amide bonds. The molecule has 154 valence electrons. The lowest BCUT2D eigenvalue weighted by Crippen LogP contribution is -2.51. The molecule has 0 saturated heterocycles. The highest BCUT2D eigenvalue weighted by atomic mass is 16.5. The number of hydrogen-bond acceptors (Lipinski definition) is 6. The number of hydrogen-bond donors (Lipinski definition) is 3. The van der Waals surface area contributed by atoms with Crippen LogP contribution in [0.25, 0.3) is 10.9 Å². The van der Waals surface area contributed by atoms with Gasteiger partial charge in [-0.25, -0.2) is 4.79 Å². The topological polar surface area (TPSA) is 112 Å². The molecule has 8 heteroatoms. The number of aromatic amines is 1. The van der Waals surface area contributed by atoms with Crippen LogP contribution in [-0.2, 0) is 11.2 Å². The first kappa shape index (κ1) is 18.7. The van der Waals surface area contributed by atoms with Crippen LogP contribution in [0.15, 0.2) is 42.5 Å². The molecule has 2 atom stereocenters. The van der Waals surface area contributed by atoms with E-state index in [0.29, 0.717) is 24.3 Å². The van der Waals surface area contributed by atoms with E-state index < -0.39 is 18.6 Å². The van der Waals surface area contributed by atoms with Gasteiger partial charge >= 0.3 is 5.97 Å². The van der Waals surface area contributed by atoms with E-state index in [1.807, 2.05) is 42.3 Å². The maximum absolute atomic E-state index is 13.1. The Bertz CT molecular complexity index is 1170. The van der Waals surface area contributed by atoms with E-state index in [1.54, 1.807) is 12.1 Å². The fourth-order valence-corrected chi connectivity index (χ4v) is 4.44. The van der Waals surface area contributed by atoms with E-state index in [4.69, 9.17) is 15.6 Å². The zero-order chi connectivity index (χ0) is 21.0. The number of nitrogens with one attached hydrogen (secondary N) is 1. The van der Waals surface area contributed by atoms with Gasteiger partial charge in [-0.1, -0.05) is 12.1 Å². The molecule has 0 spiro atoms. The monoisotopic (exact) mass is 406 g/mol. The van der Waals surface area contributed by atoms with Crippen LogP contribution in [0.2, 0.25) is 0 Å². The van der Waals surface area contributed by atoms with Crippen LogP contribution in [0, 0.1) is 0 Å². The highest BCUT2D eigenvalue weighted by Gasteiger charge is 2.41. The van der Waals surface area contributed by atoms with Gasteiger partial charge in [0.05, 0.1) is 23.6 Å². The largest absolute Gasteiger partial charge is 0.425 e. The van der Waals surface area contributed by atoms with Crippen LogP contribution in [0.4, 0.5) is 5.69 Å². The molecule has 2 aromatic carbocycles. The third-order valence-electron chi connectivity index (χ3n) is 5.93. The van der Waals surface area contributed by atoms with Crippen LogP contribution in [0.3, 0.4) is 0 Å². The number of carbonyl (C=O) groups excluding carboxylic acids is 2. The van der Waals surface area contributed by atoms with E-state index >= 15 is 0 Å². The van der Waals surface area contributed by atoms with Gasteiger partial charge in [-0.2, -0.15) is 0 Å². The Morgan fingerprint density at radius 2 is 2.13 bits per heavy atom. The number of carbonyl (C=O) groups is 2. The summed E-state index contributed by atoms with van der Waals surface area (Å²) in [5.74, 6) is -0.272. The van der Waals surface area contributed by atoms with E-state index in [0.717, 1.165) is 27.8 Å². The standard InChI is InChI=1S/C22H22N4O4/c1-25-18-5-3-2-4-14(18)21(28)26-9-8-13-15-10-12(30-22(29)16(23)11-27)6-7-17(15)24-19(13)20(25)26/h2-7,10,16,20,24,27H,8-9,11,23H2,1H3/t16-,20?/m0/s1. The Morgan fingerprint density at radius 1 is 1.33 bits per heavy atom. The summed E-state index contributed by atoms with van der Waals surface area (Å²) in [6.07, 6.45) is 0.471. The summed E-state index contributed by atoms with van der Waals surface area (Å²) in [5.41, 5.74) is 10.1. The molecule has 0 radical (unpaired) electrons. The number of nitrogens with two attached hydrogens (primary N) is 1. The number of fused-ring (bicyclic) bond motifs is 6. The molecule has 30 heavy (non-hydrogen) atoms. The van der Waals surface area contributed by atoms with Crippen LogP contribution in [0.1, 0.15) is 27.8 Å². The van der Waals surface area contributed by atoms with Crippen molar-refractivity contribution in [2.75, 3.05) is 25.1 Å². The fourth-order valence-electron chi connectivity index (χ4n) is 4.44. The minimum atomic E-state index is -1.07. The number of nitrogens with zero attached hydrogens (tertiary/aromatic N) is 2. The minimum Gasteiger partial charge on any atom is -0.425 e. The number of aromatic nitrogens is 1. The lowest BCUT2D eigenvalue weighted by Gasteiger charge is -2.46. The third kappa shape index (κ3) is 2.68. The second-order valence-corrected chi connectivity index (χ2v) is 7.69. The maximum Gasteiger partial charge on any atom is 0.330 e. The van der Waals surface area contributed by atoms with Crippen molar-refractivity contribution in [1.82, 2.24) is 9.88 Å². The number of esters is 1. The highest BCUT2D eigenvalue weighted by Crippen LogP contribution is 2.43. The molecule has 3 aromatic rings. The number of amides is 1. The third-order valence-corrected chi connectivity index (χ3v) is 5.93. The van der Waals surface area contributed by atoms with E-state index in [1.165, 1.54) is 0 Å². The summed E-state index contributed by atoms with van der Waals surface area (Å²) in [5, 5.41) is 9.99. The summed E-state index contributed by atoms with van der Waals surface area (Å²) in [7, 11) is 1.99. The van der Waals surface area contributed by atoms with Gasteiger partial charge in [-0.15, -0.1) is 0 Å². The maximum atomic E-state index is 13.1.